The molecule has 0 aliphatic carbocycles. The number of aromatic nitrogens is 1. The van der Waals surface area contributed by atoms with Crippen molar-refractivity contribution in [2.45, 2.75) is 39.2 Å². The second-order valence-electron chi connectivity index (χ2n) is 11.0. The van der Waals surface area contributed by atoms with E-state index in [0.29, 0.717) is 24.6 Å². The van der Waals surface area contributed by atoms with Gasteiger partial charge in [0.15, 0.2) is 0 Å². The van der Waals surface area contributed by atoms with Crippen LogP contribution in [0.4, 0.5) is 0 Å². The summed E-state index contributed by atoms with van der Waals surface area (Å²) in [4.78, 5) is 30.3. The summed E-state index contributed by atoms with van der Waals surface area (Å²) in [7, 11) is 5.37. The number of likely N-dealkylation sites (N-methyl/N-ethyl adjacent to an activating group) is 1. The number of nitrogens with two attached hydrogens (primary N) is 1. The van der Waals surface area contributed by atoms with Crippen molar-refractivity contribution in [2.24, 2.45) is 5.73 Å². The summed E-state index contributed by atoms with van der Waals surface area (Å²) in [6.07, 6.45) is 3.05. The van der Waals surface area contributed by atoms with Crippen molar-refractivity contribution >= 4 is 22.6 Å². The van der Waals surface area contributed by atoms with Crippen molar-refractivity contribution in [3.8, 4) is 17.0 Å². The van der Waals surface area contributed by atoms with E-state index in [9.17, 15) is 9.59 Å². The van der Waals surface area contributed by atoms with Gasteiger partial charge in [0.05, 0.1) is 21.2 Å². The average molecular weight is 555 g/mol. The second-order valence-corrected chi connectivity index (χ2v) is 11.0. The highest BCUT2D eigenvalue weighted by molar-refractivity contribution is 5.95. The third kappa shape index (κ3) is 6.74. The number of primary amides is 1. The molecule has 1 atom stereocenters. The SMILES string of the molecule is CCCCc1cc2ccccc2c(OCC[N+](C)(C)[C@@H](C(=O)OC)c2ccc(C(N)=O)cc2-c2ccccc2C)n1. The number of benzene rings is 3. The molecule has 214 valence electrons. The highest BCUT2D eigenvalue weighted by Gasteiger charge is 2.39. The van der Waals surface area contributed by atoms with Crippen molar-refractivity contribution in [1.82, 2.24) is 4.98 Å². The van der Waals surface area contributed by atoms with Crippen LogP contribution in [0.15, 0.2) is 72.8 Å². The number of pyridine rings is 1. The van der Waals surface area contributed by atoms with E-state index >= 15 is 0 Å². The number of amides is 1. The van der Waals surface area contributed by atoms with Crippen LogP contribution >= 0.6 is 0 Å². The number of ether oxygens (including phenoxy) is 2. The fraction of sp³-hybridized carbons (Fsp3) is 0.324. The lowest BCUT2D eigenvalue weighted by Gasteiger charge is -2.37. The lowest BCUT2D eigenvalue weighted by atomic mass is 9.89. The van der Waals surface area contributed by atoms with Crippen LogP contribution in [0, 0.1) is 6.92 Å². The van der Waals surface area contributed by atoms with Gasteiger partial charge in [0, 0.05) is 22.2 Å². The number of carbonyl (C=O) groups is 2. The molecular formula is C34H40N3O4+. The highest BCUT2D eigenvalue weighted by Crippen LogP contribution is 2.37. The molecule has 0 bridgehead atoms. The Labute approximate surface area is 242 Å². The Balaban J connectivity index is 1.68. The summed E-state index contributed by atoms with van der Waals surface area (Å²) >= 11 is 0. The molecule has 0 fully saturated rings. The van der Waals surface area contributed by atoms with Gasteiger partial charge < -0.3 is 19.7 Å². The van der Waals surface area contributed by atoms with Crippen LogP contribution in [0.5, 0.6) is 5.88 Å². The summed E-state index contributed by atoms with van der Waals surface area (Å²) in [6.45, 7) is 5.01. The Kier molecular flexibility index (Phi) is 9.40. The van der Waals surface area contributed by atoms with Gasteiger partial charge in [-0.15, -0.1) is 0 Å². The van der Waals surface area contributed by atoms with Crippen LogP contribution in [0.25, 0.3) is 21.9 Å². The molecule has 0 saturated carbocycles. The number of fused-ring (bicyclic) bond motifs is 1. The maximum absolute atomic E-state index is 13.4. The van der Waals surface area contributed by atoms with Crippen LogP contribution in [-0.2, 0) is 16.0 Å². The molecule has 1 aromatic heterocycles. The Hall–Kier alpha value is -4.23. The van der Waals surface area contributed by atoms with Crippen LogP contribution < -0.4 is 10.5 Å². The van der Waals surface area contributed by atoms with E-state index in [0.717, 1.165) is 58.0 Å². The minimum Gasteiger partial charge on any atom is -0.471 e. The zero-order chi connectivity index (χ0) is 29.6. The van der Waals surface area contributed by atoms with Gasteiger partial charge in [0.25, 0.3) is 0 Å². The molecule has 2 N–H and O–H groups in total. The van der Waals surface area contributed by atoms with Crippen LogP contribution in [0.1, 0.15) is 53.0 Å². The fourth-order valence-electron chi connectivity index (χ4n) is 5.28. The van der Waals surface area contributed by atoms with Gasteiger partial charge in [0.1, 0.15) is 13.2 Å². The van der Waals surface area contributed by atoms with E-state index < -0.39 is 11.9 Å². The Morgan fingerprint density at radius 3 is 2.41 bits per heavy atom. The van der Waals surface area contributed by atoms with E-state index in [4.69, 9.17) is 20.2 Å². The second kappa shape index (κ2) is 13.0. The third-order valence-electron chi connectivity index (χ3n) is 7.64. The van der Waals surface area contributed by atoms with E-state index in [-0.39, 0.29) is 10.5 Å². The largest absolute Gasteiger partial charge is 0.471 e. The maximum Gasteiger partial charge on any atom is 0.369 e. The Morgan fingerprint density at radius 1 is 0.976 bits per heavy atom. The molecule has 0 spiro atoms. The first kappa shape index (κ1) is 29.7. The predicted molar refractivity (Wildman–Crippen MR) is 163 cm³/mol. The van der Waals surface area contributed by atoms with Gasteiger partial charge in [-0.3, -0.25) is 4.79 Å². The van der Waals surface area contributed by atoms with Gasteiger partial charge >= 0.3 is 5.97 Å². The summed E-state index contributed by atoms with van der Waals surface area (Å²) in [6, 6.07) is 22.7. The van der Waals surface area contributed by atoms with Crippen molar-refractivity contribution in [2.75, 3.05) is 34.4 Å². The molecule has 7 nitrogen and oxygen atoms in total. The summed E-state index contributed by atoms with van der Waals surface area (Å²) in [5.41, 5.74) is 10.5. The number of unbranched alkanes of at least 4 members (excludes halogenated alkanes) is 1. The molecule has 0 radical (unpaired) electrons. The molecule has 0 aliphatic heterocycles. The number of nitrogens with zero attached hydrogens (tertiary/aromatic N) is 2. The summed E-state index contributed by atoms with van der Waals surface area (Å²) in [5.74, 6) is -0.291. The van der Waals surface area contributed by atoms with Gasteiger partial charge in [0.2, 0.25) is 17.8 Å². The average Bonchev–Trinajstić information content (AvgIpc) is 2.96. The van der Waals surface area contributed by atoms with Crippen LogP contribution in [0.3, 0.4) is 0 Å². The number of aryl methyl sites for hydroxylation is 2. The standard InChI is InChI=1S/C34H39N3O4/c1-6-7-14-26-21-24-13-9-11-16-28(24)33(36-26)41-20-19-37(3,4)31(34(39)40-5)29-18-17-25(32(35)38)22-30(29)27-15-10-8-12-23(27)2/h8-13,15-18,21-22,31H,6-7,14,19-20H2,1-5H3,(H-,35,38)/p+1/t31-/m1/s1. The minimum absolute atomic E-state index is 0.259. The topological polar surface area (TPSA) is 91.5 Å². The van der Waals surface area contributed by atoms with E-state index in [1.165, 1.54) is 7.11 Å². The first-order valence-corrected chi connectivity index (χ1v) is 14.1. The fourth-order valence-corrected chi connectivity index (χ4v) is 5.28. The summed E-state index contributed by atoms with van der Waals surface area (Å²) < 4.78 is 11.9. The van der Waals surface area contributed by atoms with Crippen molar-refractivity contribution in [3.63, 3.8) is 0 Å². The Morgan fingerprint density at radius 2 is 1.71 bits per heavy atom. The quantitative estimate of drug-likeness (QED) is 0.171. The molecule has 1 heterocycles. The Bertz CT molecular complexity index is 1550. The van der Waals surface area contributed by atoms with E-state index in [1.54, 1.807) is 12.1 Å². The first-order chi connectivity index (χ1) is 19.7. The third-order valence-corrected chi connectivity index (χ3v) is 7.64. The monoisotopic (exact) mass is 554 g/mol. The van der Waals surface area contributed by atoms with Gasteiger partial charge in [-0.1, -0.05) is 61.9 Å². The lowest BCUT2D eigenvalue weighted by Crippen LogP contribution is -2.49. The van der Waals surface area contributed by atoms with Gasteiger partial charge in [-0.25, -0.2) is 9.78 Å². The van der Waals surface area contributed by atoms with E-state index in [2.05, 4.69) is 19.1 Å². The number of esters is 1. The smallest absolute Gasteiger partial charge is 0.369 e. The molecule has 3 aromatic carbocycles. The minimum atomic E-state index is -0.680. The molecular weight excluding hydrogens is 514 g/mol. The number of hydrogen-bond acceptors (Lipinski definition) is 5. The highest BCUT2D eigenvalue weighted by atomic mass is 16.5. The number of hydrogen-bond donors (Lipinski definition) is 1. The molecule has 41 heavy (non-hydrogen) atoms. The van der Waals surface area contributed by atoms with Crippen molar-refractivity contribution in [1.29, 1.82) is 0 Å². The zero-order valence-corrected chi connectivity index (χ0v) is 24.6. The summed E-state index contributed by atoms with van der Waals surface area (Å²) in [5, 5.41) is 2.06. The van der Waals surface area contributed by atoms with Crippen LogP contribution in [0.2, 0.25) is 0 Å². The molecule has 4 aromatic rings. The van der Waals surface area contributed by atoms with Crippen LogP contribution in [-0.4, -0.2) is 55.7 Å². The van der Waals surface area contributed by atoms with E-state index in [1.807, 2.05) is 69.6 Å². The molecule has 0 aliphatic rings. The molecule has 0 saturated heterocycles. The molecule has 4 rings (SSSR count). The number of quaternary nitrogens is 1. The lowest BCUT2D eigenvalue weighted by molar-refractivity contribution is -0.912. The number of methoxy groups -OCH3 is 1. The molecule has 7 heteroatoms. The van der Waals surface area contributed by atoms with Crippen molar-refractivity contribution in [3.05, 3.63) is 95.2 Å². The zero-order valence-electron chi connectivity index (χ0n) is 24.6. The number of rotatable bonds is 12. The van der Waals surface area contributed by atoms with Crippen molar-refractivity contribution < 1.29 is 23.5 Å². The van der Waals surface area contributed by atoms with Gasteiger partial charge in [-0.2, -0.15) is 0 Å². The predicted octanol–water partition coefficient (Wildman–Crippen LogP) is 6.02. The molecule has 1 amide bonds. The molecule has 0 unspecified atom stereocenters. The first-order valence-electron chi connectivity index (χ1n) is 14.1. The maximum atomic E-state index is 13.4. The number of carbonyl (C=O) groups excluding carboxylic acids is 2. The normalized spacial score (nSPS) is 12.2. The van der Waals surface area contributed by atoms with Gasteiger partial charge in [-0.05, 0) is 66.1 Å².